The average Bonchev–Trinajstić information content (AvgIpc) is 2.63. The van der Waals surface area contributed by atoms with Crippen LogP contribution in [-0.4, -0.2) is 16.9 Å². The van der Waals surface area contributed by atoms with Crippen molar-refractivity contribution in [3.8, 4) is 5.75 Å². The van der Waals surface area contributed by atoms with E-state index in [2.05, 4.69) is 0 Å². The zero-order valence-electron chi connectivity index (χ0n) is 13.5. The highest BCUT2D eigenvalue weighted by Gasteiger charge is 2.36. The monoisotopic (exact) mass is 372 g/mol. The van der Waals surface area contributed by atoms with Crippen LogP contribution in [0.15, 0.2) is 48.5 Å². The first-order valence-corrected chi connectivity index (χ1v) is 7.80. The van der Waals surface area contributed by atoms with Crippen molar-refractivity contribution in [2.75, 3.05) is 10.6 Å². The van der Waals surface area contributed by atoms with Gasteiger partial charge in [0.05, 0.1) is 22.5 Å². The molecule has 0 unspecified atom stereocenters. The van der Waals surface area contributed by atoms with Gasteiger partial charge in [-0.05, 0) is 36.4 Å². The molecule has 1 heterocycles. The zero-order valence-corrected chi connectivity index (χ0v) is 13.5. The third-order valence-electron chi connectivity index (χ3n) is 4.50. The molecule has 5 nitrogen and oxygen atoms in total. The molecule has 0 saturated carbocycles. The number of aromatic hydroxyl groups is 1. The van der Waals surface area contributed by atoms with Crippen molar-refractivity contribution in [3.05, 3.63) is 65.2 Å². The summed E-state index contributed by atoms with van der Waals surface area (Å²) in [5.74, 6) is -1.74. The van der Waals surface area contributed by atoms with Gasteiger partial charge in [0.25, 0.3) is 11.8 Å². The molecule has 2 amide bonds. The van der Waals surface area contributed by atoms with Crippen LogP contribution in [-0.2, 0) is 6.18 Å². The molecular weight excluding hydrogens is 361 g/mol. The van der Waals surface area contributed by atoms with E-state index < -0.39 is 23.6 Å². The second-order valence-corrected chi connectivity index (χ2v) is 6.08. The van der Waals surface area contributed by atoms with Crippen LogP contribution in [0.4, 0.5) is 24.5 Å². The molecule has 1 aliphatic rings. The number of anilines is 2. The number of alkyl halides is 3. The minimum atomic E-state index is -4.53. The number of imide groups is 1. The van der Waals surface area contributed by atoms with Crippen molar-refractivity contribution in [2.45, 2.75) is 6.18 Å². The number of hydrogen-bond acceptors (Lipinski definition) is 4. The summed E-state index contributed by atoms with van der Waals surface area (Å²) in [6, 6.07) is 9.49. The summed E-state index contributed by atoms with van der Waals surface area (Å²) in [5.41, 5.74) is 5.20. The Morgan fingerprint density at radius 3 is 2.19 bits per heavy atom. The van der Waals surface area contributed by atoms with Gasteiger partial charge >= 0.3 is 6.18 Å². The number of benzene rings is 3. The molecule has 0 bridgehead atoms. The smallest absolute Gasteiger partial charge is 0.416 e. The number of carbonyl (C=O) groups is 2. The molecule has 0 atom stereocenters. The minimum absolute atomic E-state index is 0.00281. The molecule has 4 rings (SSSR count). The lowest BCUT2D eigenvalue weighted by Gasteiger charge is -2.28. The molecule has 136 valence electrons. The number of nitrogens with zero attached hydrogens (tertiary/aromatic N) is 1. The number of phenols is 1. The highest BCUT2D eigenvalue weighted by molar-refractivity contribution is 6.36. The van der Waals surface area contributed by atoms with Gasteiger partial charge in [0, 0.05) is 16.3 Å². The topological polar surface area (TPSA) is 83.6 Å². The highest BCUT2D eigenvalue weighted by atomic mass is 19.4. The highest BCUT2D eigenvalue weighted by Crippen LogP contribution is 2.39. The van der Waals surface area contributed by atoms with Crippen molar-refractivity contribution < 1.29 is 27.9 Å². The van der Waals surface area contributed by atoms with E-state index in [1.807, 2.05) is 0 Å². The molecule has 3 aromatic rings. The zero-order chi connectivity index (χ0) is 19.5. The Hall–Kier alpha value is -3.55. The van der Waals surface area contributed by atoms with Crippen molar-refractivity contribution in [2.24, 2.45) is 0 Å². The maximum Gasteiger partial charge on any atom is 0.416 e. The molecular formula is C19H11F3N2O3. The Kier molecular flexibility index (Phi) is 3.42. The van der Waals surface area contributed by atoms with Gasteiger partial charge in [0.2, 0.25) is 0 Å². The summed E-state index contributed by atoms with van der Waals surface area (Å²) in [7, 11) is 0. The summed E-state index contributed by atoms with van der Waals surface area (Å²) < 4.78 is 38.3. The second kappa shape index (κ2) is 5.47. The number of halogens is 3. The van der Waals surface area contributed by atoms with Crippen LogP contribution < -0.4 is 10.6 Å². The number of nitrogen functional groups attached to an aromatic ring is 1. The molecule has 1 aliphatic heterocycles. The molecule has 3 N–H and O–H groups in total. The Labute approximate surface area is 150 Å². The molecule has 0 saturated heterocycles. The Bertz CT molecular complexity index is 1120. The van der Waals surface area contributed by atoms with Gasteiger partial charge < -0.3 is 10.8 Å². The first-order valence-electron chi connectivity index (χ1n) is 7.80. The van der Waals surface area contributed by atoms with Crippen LogP contribution in [0.25, 0.3) is 10.8 Å². The predicted molar refractivity (Wildman–Crippen MR) is 92.6 cm³/mol. The number of carbonyl (C=O) groups excluding carboxylic acids is 2. The van der Waals surface area contributed by atoms with Gasteiger partial charge in [0.1, 0.15) is 5.75 Å². The minimum Gasteiger partial charge on any atom is -0.506 e. The van der Waals surface area contributed by atoms with Crippen LogP contribution in [0.5, 0.6) is 5.75 Å². The summed E-state index contributed by atoms with van der Waals surface area (Å²) in [4.78, 5) is 26.5. The standard InChI is InChI=1S/C19H11F3N2O3/c20-19(21,22)9-4-6-10(7-5-9)24-17(26)12-3-1-2-11-15(12)13(18(24)27)8-14(25)16(11)23/h1-8,25H,23H2. The SMILES string of the molecule is Nc1c(O)cc2c3c(cccc13)C(=O)N(c1ccc(C(F)(F)F)cc1)C2=O. The van der Waals surface area contributed by atoms with E-state index in [1.54, 1.807) is 12.1 Å². The molecule has 3 aromatic carbocycles. The third kappa shape index (κ3) is 2.41. The third-order valence-corrected chi connectivity index (χ3v) is 4.50. The van der Waals surface area contributed by atoms with E-state index in [-0.39, 0.29) is 28.3 Å². The molecule has 0 spiro atoms. The van der Waals surface area contributed by atoms with Crippen LogP contribution >= 0.6 is 0 Å². The van der Waals surface area contributed by atoms with Crippen molar-refractivity contribution in [3.63, 3.8) is 0 Å². The molecule has 0 aromatic heterocycles. The van der Waals surface area contributed by atoms with E-state index in [0.717, 1.165) is 35.2 Å². The van der Waals surface area contributed by atoms with Gasteiger partial charge in [0.15, 0.2) is 0 Å². The van der Waals surface area contributed by atoms with Gasteiger partial charge in [-0.15, -0.1) is 0 Å². The first kappa shape index (κ1) is 16.9. The van der Waals surface area contributed by atoms with Gasteiger partial charge in [-0.1, -0.05) is 12.1 Å². The van der Waals surface area contributed by atoms with E-state index in [1.165, 1.54) is 6.07 Å². The van der Waals surface area contributed by atoms with Gasteiger partial charge in [-0.2, -0.15) is 13.2 Å². The Morgan fingerprint density at radius 1 is 0.926 bits per heavy atom. The lowest BCUT2D eigenvalue weighted by Crippen LogP contribution is -2.40. The maximum absolute atomic E-state index is 12.9. The molecule has 27 heavy (non-hydrogen) atoms. The van der Waals surface area contributed by atoms with Crippen LogP contribution in [0.1, 0.15) is 26.3 Å². The van der Waals surface area contributed by atoms with E-state index in [4.69, 9.17) is 5.73 Å². The Balaban J connectivity index is 1.90. The van der Waals surface area contributed by atoms with Crippen LogP contribution in [0, 0.1) is 0 Å². The molecule has 0 fully saturated rings. The predicted octanol–water partition coefficient (Wildman–Crippen LogP) is 3.95. The number of amides is 2. The van der Waals surface area contributed by atoms with E-state index in [9.17, 15) is 27.9 Å². The lowest BCUT2D eigenvalue weighted by molar-refractivity contribution is -0.137. The van der Waals surface area contributed by atoms with Crippen LogP contribution in [0.2, 0.25) is 0 Å². The lowest BCUT2D eigenvalue weighted by atomic mass is 9.92. The quantitative estimate of drug-likeness (QED) is 0.385. The number of nitrogens with two attached hydrogens (primary N) is 1. The largest absolute Gasteiger partial charge is 0.506 e. The average molecular weight is 372 g/mol. The van der Waals surface area contributed by atoms with Gasteiger partial charge in [-0.25, -0.2) is 4.90 Å². The van der Waals surface area contributed by atoms with Crippen molar-refractivity contribution in [1.82, 2.24) is 0 Å². The maximum atomic E-state index is 12.9. The van der Waals surface area contributed by atoms with E-state index >= 15 is 0 Å². The van der Waals surface area contributed by atoms with Crippen molar-refractivity contribution >= 4 is 34.0 Å². The summed E-state index contributed by atoms with van der Waals surface area (Å²) in [6.07, 6.45) is -4.53. The summed E-state index contributed by atoms with van der Waals surface area (Å²) in [5, 5.41) is 10.7. The fraction of sp³-hybridized carbons (Fsp3) is 0.0526. The van der Waals surface area contributed by atoms with E-state index in [0.29, 0.717) is 10.8 Å². The number of phenolic OH excluding ortho intramolecular Hbond substituents is 1. The number of hydrogen-bond donors (Lipinski definition) is 2. The Morgan fingerprint density at radius 2 is 1.56 bits per heavy atom. The van der Waals surface area contributed by atoms with Crippen LogP contribution in [0.3, 0.4) is 0 Å². The molecule has 8 heteroatoms. The first-order chi connectivity index (χ1) is 12.7. The second-order valence-electron chi connectivity index (χ2n) is 6.08. The fourth-order valence-electron chi connectivity index (χ4n) is 3.21. The normalized spacial score (nSPS) is 14.1. The van der Waals surface area contributed by atoms with Gasteiger partial charge in [-0.3, -0.25) is 9.59 Å². The number of rotatable bonds is 1. The summed E-state index contributed by atoms with van der Waals surface area (Å²) >= 11 is 0. The fourth-order valence-corrected chi connectivity index (χ4v) is 3.21. The molecule has 0 radical (unpaired) electrons. The molecule has 0 aliphatic carbocycles. The van der Waals surface area contributed by atoms with Crippen molar-refractivity contribution in [1.29, 1.82) is 0 Å². The summed E-state index contributed by atoms with van der Waals surface area (Å²) in [6.45, 7) is 0.